The van der Waals surface area contributed by atoms with Crippen LogP contribution in [-0.4, -0.2) is 45.4 Å². The molecule has 2 N–H and O–H groups in total. The molecule has 0 atom stereocenters. The zero-order valence-electron chi connectivity index (χ0n) is 7.47. The molecule has 0 aromatic rings. The second-order valence-electron chi connectivity index (χ2n) is 2.41. The Balaban J connectivity index is 4.39. The maximum absolute atomic E-state index is 11.0. The average Bonchev–Trinajstić information content (AvgIpc) is 1.98. The Labute approximate surface area is 98.5 Å². The molecule has 11 heteroatoms. The topological polar surface area (TPSA) is 107 Å². The minimum atomic E-state index is -4.21. The molecule has 0 aliphatic rings. The van der Waals surface area contributed by atoms with Crippen LogP contribution in [0.4, 0.5) is 0 Å². The smallest absolute Gasteiger partial charge is 0.283 e. The normalized spacial score (nSPS) is 13.3. The third-order valence-corrected chi connectivity index (χ3v) is 4.50. The summed E-state index contributed by atoms with van der Waals surface area (Å²) in [7, 11) is -8.37. The van der Waals surface area contributed by atoms with Crippen molar-refractivity contribution < 1.29 is 20.5 Å². The lowest BCUT2D eigenvalue weighted by Crippen LogP contribution is -2.25. The van der Waals surface area contributed by atoms with E-state index < -0.39 is 31.7 Å². The van der Waals surface area contributed by atoms with Crippen LogP contribution in [0.1, 0.15) is 0 Å². The van der Waals surface area contributed by atoms with Gasteiger partial charge in [0, 0.05) is 13.1 Å². The van der Waals surface area contributed by atoms with Gasteiger partial charge in [0.25, 0.3) is 20.2 Å². The van der Waals surface area contributed by atoms with Gasteiger partial charge in [-0.2, -0.15) is 16.8 Å². The van der Waals surface area contributed by atoms with Gasteiger partial charge >= 0.3 is 0 Å². The first-order chi connectivity index (χ1) is 6.68. The Morgan fingerprint density at radius 1 is 1.07 bits per heavy atom. The van der Waals surface area contributed by atoms with E-state index in [0.29, 0.717) is 3.94 Å². The van der Waals surface area contributed by atoms with Crippen molar-refractivity contribution in [2.75, 3.05) is 24.6 Å². The van der Waals surface area contributed by atoms with Crippen LogP contribution in [0.3, 0.4) is 0 Å². The summed E-state index contributed by atoms with van der Waals surface area (Å²) in [4.78, 5) is 0. The van der Waals surface area contributed by atoms with Crippen molar-refractivity contribution in [3.05, 3.63) is 0 Å². The maximum Gasteiger partial charge on any atom is 0.283 e. The van der Waals surface area contributed by atoms with E-state index in [9.17, 15) is 16.8 Å². The van der Waals surface area contributed by atoms with Gasteiger partial charge in [-0.3, -0.25) is 0 Å². The molecule has 0 saturated heterocycles. The largest absolute Gasteiger partial charge is 0.329 e. The molecule has 0 spiro atoms. The van der Waals surface area contributed by atoms with E-state index in [1.54, 1.807) is 0 Å². The quantitative estimate of drug-likeness (QED) is 0.615. The van der Waals surface area contributed by atoms with Crippen LogP contribution in [-0.2, 0) is 23.9 Å². The fraction of sp³-hybridized carbons (Fsp3) is 1.00. The molecule has 0 aromatic heterocycles. The fourth-order valence-corrected chi connectivity index (χ4v) is 3.42. The first kappa shape index (κ1) is 15.4. The summed E-state index contributed by atoms with van der Waals surface area (Å²) in [6, 6.07) is 0. The molecule has 15 heavy (non-hydrogen) atoms. The second-order valence-corrected chi connectivity index (χ2v) is 6.99. The number of rotatable bonds is 7. The minimum Gasteiger partial charge on any atom is -0.329 e. The lowest BCUT2D eigenvalue weighted by Gasteiger charge is -2.06. The van der Waals surface area contributed by atoms with Gasteiger partial charge in [0.2, 0.25) is 0 Å². The van der Waals surface area contributed by atoms with Crippen LogP contribution < -0.4 is 5.73 Å². The first-order valence-electron chi connectivity index (χ1n) is 3.64. The first-order valence-corrected chi connectivity index (χ1v) is 7.47. The number of hydrogen-bond acceptors (Lipinski definition) is 7. The van der Waals surface area contributed by atoms with Crippen molar-refractivity contribution in [3.8, 4) is 0 Å². The average molecular weight is 301 g/mol. The van der Waals surface area contributed by atoms with Crippen LogP contribution in [0.25, 0.3) is 0 Å². The Bertz CT molecular complexity index is 378. The highest BCUT2D eigenvalue weighted by atomic mass is 35.5. The third kappa shape index (κ3) is 8.20. The zero-order valence-corrected chi connectivity index (χ0v) is 10.6. The molecule has 0 bridgehead atoms. The molecule has 0 aliphatic heterocycles. The number of nitrogens with two attached hydrogens (primary N) is 1. The van der Waals surface area contributed by atoms with Crippen LogP contribution >= 0.6 is 23.6 Å². The van der Waals surface area contributed by atoms with E-state index in [1.807, 2.05) is 0 Å². The molecule has 0 heterocycles. The van der Waals surface area contributed by atoms with Gasteiger partial charge in [-0.1, -0.05) is 0 Å². The van der Waals surface area contributed by atoms with Crippen molar-refractivity contribution in [2.24, 2.45) is 5.73 Å². The molecule has 7 nitrogen and oxygen atoms in total. The molecular weight excluding hydrogens is 291 g/mol. The molecule has 0 fully saturated rings. The fourth-order valence-electron chi connectivity index (χ4n) is 0.551. The van der Waals surface area contributed by atoms with Crippen molar-refractivity contribution in [3.63, 3.8) is 0 Å². The SMILES string of the molecule is NCCS(=O)(=O)OS(=O)(=O)CCN(Cl)Cl. The lowest BCUT2D eigenvalue weighted by molar-refractivity contribution is 0.460. The van der Waals surface area contributed by atoms with Crippen LogP contribution in [0.5, 0.6) is 0 Å². The summed E-state index contributed by atoms with van der Waals surface area (Å²) < 4.78 is 48.4. The van der Waals surface area contributed by atoms with Crippen LogP contribution in [0.2, 0.25) is 0 Å². The predicted octanol–water partition coefficient (Wildman–Crippen LogP) is -0.769. The van der Waals surface area contributed by atoms with Gasteiger partial charge in [0.15, 0.2) is 0 Å². The standard InChI is InChI=1S/C4H10Cl2N2O5S2/c5-8(6)2-4-15(11,12)13-14(9,10)3-1-7/h1-4,7H2. The van der Waals surface area contributed by atoms with Crippen LogP contribution in [0.15, 0.2) is 0 Å². The maximum atomic E-state index is 11.0. The zero-order chi connectivity index (χ0) is 12.1. The van der Waals surface area contributed by atoms with E-state index >= 15 is 0 Å². The third-order valence-electron chi connectivity index (χ3n) is 1.09. The molecular formula is C4H10Cl2N2O5S2. The van der Waals surface area contributed by atoms with Gasteiger partial charge in [-0.15, -0.1) is 7.57 Å². The van der Waals surface area contributed by atoms with E-state index in [-0.39, 0.29) is 13.1 Å². The lowest BCUT2D eigenvalue weighted by atomic mass is 10.8. The van der Waals surface area contributed by atoms with E-state index in [2.05, 4.69) is 3.63 Å². The number of halogens is 2. The predicted molar refractivity (Wildman–Crippen MR) is 56.1 cm³/mol. The molecule has 0 aliphatic carbocycles. The number of hydrogen-bond donors (Lipinski definition) is 1. The van der Waals surface area contributed by atoms with Gasteiger partial charge in [0.05, 0.1) is 11.5 Å². The molecule has 0 saturated carbocycles. The highest BCUT2D eigenvalue weighted by Crippen LogP contribution is 2.05. The molecule has 0 unspecified atom stereocenters. The van der Waals surface area contributed by atoms with Crippen LogP contribution in [0, 0.1) is 0 Å². The summed E-state index contributed by atoms with van der Waals surface area (Å²) in [6.07, 6.45) is 0. The summed E-state index contributed by atoms with van der Waals surface area (Å²) in [5.74, 6) is -1.21. The highest BCUT2D eigenvalue weighted by Gasteiger charge is 2.22. The van der Waals surface area contributed by atoms with E-state index in [1.165, 1.54) is 0 Å². The minimum absolute atomic E-state index is 0.227. The van der Waals surface area contributed by atoms with E-state index in [0.717, 1.165) is 0 Å². The van der Waals surface area contributed by atoms with E-state index in [4.69, 9.17) is 29.3 Å². The van der Waals surface area contributed by atoms with Gasteiger partial charge in [-0.25, -0.2) is 0 Å². The van der Waals surface area contributed by atoms with Gasteiger partial charge in [0.1, 0.15) is 0 Å². The number of nitrogens with zero attached hydrogens (tertiary/aromatic N) is 1. The molecule has 0 rings (SSSR count). The monoisotopic (exact) mass is 300 g/mol. The van der Waals surface area contributed by atoms with Gasteiger partial charge < -0.3 is 5.73 Å². The highest BCUT2D eigenvalue weighted by molar-refractivity contribution is 7.99. The van der Waals surface area contributed by atoms with Crippen molar-refractivity contribution in [2.45, 2.75) is 0 Å². The summed E-state index contributed by atoms with van der Waals surface area (Å²) in [5, 5.41) is 0. The molecule has 0 amide bonds. The summed E-state index contributed by atoms with van der Waals surface area (Å²) in [5.41, 5.74) is 4.95. The Morgan fingerprint density at radius 3 is 1.93 bits per heavy atom. The Kier molecular flexibility index (Phi) is 6.33. The van der Waals surface area contributed by atoms with Crippen molar-refractivity contribution in [1.82, 2.24) is 3.94 Å². The van der Waals surface area contributed by atoms with Crippen molar-refractivity contribution in [1.29, 1.82) is 0 Å². The van der Waals surface area contributed by atoms with Crippen molar-refractivity contribution >= 4 is 43.8 Å². The Hall–Kier alpha value is 0.360. The molecule has 0 radical (unpaired) electrons. The second kappa shape index (κ2) is 6.18. The summed E-state index contributed by atoms with van der Waals surface area (Å²) >= 11 is 10.3. The van der Waals surface area contributed by atoms with Gasteiger partial charge in [-0.05, 0) is 23.6 Å². The Morgan fingerprint density at radius 2 is 1.53 bits per heavy atom. The molecule has 0 aromatic carbocycles. The molecule has 92 valence electrons. The summed E-state index contributed by atoms with van der Waals surface area (Å²) in [6.45, 7) is -0.501.